The summed E-state index contributed by atoms with van der Waals surface area (Å²) in [4.78, 5) is 50.2. The highest BCUT2D eigenvalue weighted by Gasteiger charge is 2.36. The van der Waals surface area contributed by atoms with Crippen LogP contribution in [0.25, 0.3) is 44.5 Å². The van der Waals surface area contributed by atoms with Crippen LogP contribution in [-0.4, -0.2) is 71.2 Å². The number of carbonyl (C=O) groups excluding carboxylic acids is 2. The zero-order valence-corrected chi connectivity index (χ0v) is 29.6. The van der Waals surface area contributed by atoms with Crippen LogP contribution >= 0.6 is 0 Å². The lowest BCUT2D eigenvalue weighted by Gasteiger charge is -2.27. The number of likely N-dealkylation sites (tertiary alicyclic amines) is 2. The minimum Gasteiger partial charge on any atom is -0.444 e. The van der Waals surface area contributed by atoms with Crippen LogP contribution in [-0.2, 0) is 9.47 Å². The molecule has 5 aromatic rings. The number of pyridine rings is 1. The number of nitrogens with zero attached hydrogens (tertiary/aromatic N) is 5. The summed E-state index contributed by atoms with van der Waals surface area (Å²) in [5.41, 5.74) is 4.42. The molecule has 0 spiro atoms. The zero-order chi connectivity index (χ0) is 35.2. The predicted octanol–water partition coefficient (Wildman–Crippen LogP) is 8.83. The van der Waals surface area contributed by atoms with Crippen LogP contribution in [0.2, 0.25) is 0 Å². The number of benzene rings is 2. The van der Waals surface area contributed by atoms with Crippen molar-refractivity contribution in [1.29, 1.82) is 0 Å². The zero-order valence-electron chi connectivity index (χ0n) is 29.6. The fourth-order valence-electron chi connectivity index (χ4n) is 6.78. The third kappa shape index (κ3) is 7.08. The molecule has 0 unspecified atom stereocenters. The highest BCUT2D eigenvalue weighted by atomic mass is 16.6. The fraction of sp³-hybridized carbons (Fsp3) is 0.410. The van der Waals surface area contributed by atoms with Crippen LogP contribution < -0.4 is 0 Å². The molecule has 7 rings (SSSR count). The number of ether oxygens (including phenoxy) is 2. The van der Waals surface area contributed by atoms with Gasteiger partial charge in [0.2, 0.25) is 0 Å². The van der Waals surface area contributed by atoms with E-state index in [1.54, 1.807) is 16.0 Å². The normalized spacial score (nSPS) is 18.2. The molecule has 5 heterocycles. The van der Waals surface area contributed by atoms with Gasteiger partial charge in [-0.25, -0.2) is 19.6 Å². The summed E-state index contributed by atoms with van der Waals surface area (Å²) in [7, 11) is 0. The minimum absolute atomic E-state index is 0.127. The summed E-state index contributed by atoms with van der Waals surface area (Å²) in [6.45, 7) is 12.6. The van der Waals surface area contributed by atoms with Gasteiger partial charge in [0, 0.05) is 42.2 Å². The van der Waals surface area contributed by atoms with Gasteiger partial charge in [-0.3, -0.25) is 14.8 Å². The van der Waals surface area contributed by atoms with Crippen molar-refractivity contribution in [3.63, 3.8) is 0 Å². The standard InChI is InChI=1S/C39H45N7O4/c1-38(2,3)49-36(47)45-17-7-9-32(45)34-41-22-30(43-34)27-14-12-24-19-26(13-11-25(24)20-27)29-16-15-28(21-40-29)31-23-42-35(44-31)33-10-8-18-46(33)37(48)50-39(4,5)6/h11-16,19-23,32-33H,7-10,17-18H2,1-6H3,(H,41,43)(H,42,44)/t32-,33-/m0/s1. The molecule has 2 amide bonds. The van der Waals surface area contributed by atoms with E-state index in [0.717, 1.165) is 81.9 Å². The fourth-order valence-corrected chi connectivity index (χ4v) is 6.78. The van der Waals surface area contributed by atoms with Gasteiger partial charge in [0.1, 0.15) is 22.9 Å². The Labute approximate surface area is 292 Å². The molecule has 2 saturated heterocycles. The first kappa shape index (κ1) is 33.3. The topological polar surface area (TPSA) is 129 Å². The Morgan fingerprint density at radius 2 is 1.26 bits per heavy atom. The summed E-state index contributed by atoms with van der Waals surface area (Å²) in [6, 6.07) is 16.5. The number of rotatable bonds is 5. The minimum atomic E-state index is -0.547. The number of hydrogen-bond donors (Lipinski definition) is 2. The molecule has 2 N–H and O–H groups in total. The van der Waals surface area contributed by atoms with E-state index in [9.17, 15) is 9.59 Å². The number of aromatic nitrogens is 5. The van der Waals surface area contributed by atoms with Gasteiger partial charge in [0.15, 0.2) is 0 Å². The summed E-state index contributed by atoms with van der Waals surface area (Å²) in [6.07, 6.45) is 8.47. The molecule has 0 saturated carbocycles. The van der Waals surface area contributed by atoms with Gasteiger partial charge in [-0.15, -0.1) is 0 Å². The molecular formula is C39H45N7O4. The molecule has 0 radical (unpaired) electrons. The molecule has 2 atom stereocenters. The molecule has 50 heavy (non-hydrogen) atoms. The third-order valence-corrected chi connectivity index (χ3v) is 9.09. The SMILES string of the molecule is CC(C)(C)OC(=O)N1CCC[C@H]1c1nc(-c2ccc3cc(-c4ccc(-c5cnc([C@@H]6CCCN6C(=O)OC(C)(C)C)[nH]5)cn4)ccc3c2)c[nH]1. The maximum Gasteiger partial charge on any atom is 0.410 e. The average Bonchev–Trinajstić information content (AvgIpc) is 3.88. The van der Waals surface area contributed by atoms with E-state index >= 15 is 0 Å². The van der Waals surface area contributed by atoms with E-state index in [0.29, 0.717) is 13.1 Å². The third-order valence-electron chi connectivity index (χ3n) is 9.09. The van der Waals surface area contributed by atoms with Crippen LogP contribution in [0.1, 0.15) is 91.0 Å². The summed E-state index contributed by atoms with van der Waals surface area (Å²) >= 11 is 0. The molecule has 2 aromatic carbocycles. The van der Waals surface area contributed by atoms with Gasteiger partial charge in [-0.1, -0.05) is 24.3 Å². The second-order valence-corrected chi connectivity index (χ2v) is 15.2. The number of H-pyrrole nitrogens is 2. The second-order valence-electron chi connectivity index (χ2n) is 15.2. The first-order valence-corrected chi connectivity index (χ1v) is 17.4. The lowest BCUT2D eigenvalue weighted by molar-refractivity contribution is 0.0208. The summed E-state index contributed by atoms with van der Waals surface area (Å²) < 4.78 is 11.3. The lowest BCUT2D eigenvalue weighted by atomic mass is 10.0. The Balaban J connectivity index is 1.04. The number of imidazole rings is 2. The second kappa shape index (κ2) is 12.9. The number of nitrogens with one attached hydrogen (secondary N) is 2. The van der Waals surface area contributed by atoms with Crippen LogP contribution in [0.4, 0.5) is 9.59 Å². The number of carbonyl (C=O) groups is 2. The van der Waals surface area contributed by atoms with Gasteiger partial charge in [0.25, 0.3) is 0 Å². The summed E-state index contributed by atoms with van der Waals surface area (Å²) in [5.74, 6) is 1.54. The van der Waals surface area contributed by atoms with Gasteiger partial charge in [-0.05, 0) is 102 Å². The Kier molecular flexibility index (Phi) is 8.61. The first-order chi connectivity index (χ1) is 23.8. The molecule has 11 nitrogen and oxygen atoms in total. The van der Waals surface area contributed by atoms with E-state index in [2.05, 4.69) is 51.4 Å². The first-order valence-electron chi connectivity index (χ1n) is 17.4. The molecule has 11 heteroatoms. The number of hydrogen-bond acceptors (Lipinski definition) is 7. The average molecular weight is 676 g/mol. The molecule has 0 bridgehead atoms. The molecule has 0 aliphatic carbocycles. The van der Waals surface area contributed by atoms with E-state index in [-0.39, 0.29) is 24.3 Å². The number of fused-ring (bicyclic) bond motifs is 1. The van der Waals surface area contributed by atoms with E-state index < -0.39 is 11.2 Å². The van der Waals surface area contributed by atoms with Crippen molar-refractivity contribution in [3.8, 4) is 33.8 Å². The Bertz CT molecular complexity index is 2020. The lowest BCUT2D eigenvalue weighted by Crippen LogP contribution is -2.36. The summed E-state index contributed by atoms with van der Waals surface area (Å²) in [5, 5.41) is 2.20. The Morgan fingerprint density at radius 1 is 0.700 bits per heavy atom. The quantitative estimate of drug-likeness (QED) is 0.190. The highest BCUT2D eigenvalue weighted by Crippen LogP contribution is 2.35. The van der Waals surface area contributed by atoms with E-state index in [1.807, 2.05) is 66.1 Å². The molecule has 260 valence electrons. The Hall–Kier alpha value is -5.19. The van der Waals surface area contributed by atoms with Gasteiger partial charge in [-0.2, -0.15) is 0 Å². The number of amides is 2. The maximum absolute atomic E-state index is 12.8. The van der Waals surface area contributed by atoms with E-state index in [4.69, 9.17) is 19.4 Å². The number of aromatic amines is 2. The van der Waals surface area contributed by atoms with Crippen LogP contribution in [0.15, 0.2) is 67.1 Å². The van der Waals surface area contributed by atoms with Crippen molar-refractivity contribution in [2.24, 2.45) is 0 Å². The van der Waals surface area contributed by atoms with Gasteiger partial charge in [0.05, 0.1) is 35.4 Å². The largest absolute Gasteiger partial charge is 0.444 e. The van der Waals surface area contributed by atoms with Crippen LogP contribution in [0, 0.1) is 0 Å². The van der Waals surface area contributed by atoms with Gasteiger partial charge >= 0.3 is 12.2 Å². The van der Waals surface area contributed by atoms with Crippen molar-refractivity contribution >= 4 is 23.0 Å². The molecular weight excluding hydrogens is 630 g/mol. The smallest absolute Gasteiger partial charge is 0.410 e. The van der Waals surface area contributed by atoms with Crippen molar-refractivity contribution < 1.29 is 19.1 Å². The molecule has 2 aliphatic heterocycles. The van der Waals surface area contributed by atoms with Crippen molar-refractivity contribution in [1.82, 2.24) is 34.7 Å². The molecule has 2 fully saturated rings. The van der Waals surface area contributed by atoms with Crippen molar-refractivity contribution in [3.05, 3.63) is 78.8 Å². The highest BCUT2D eigenvalue weighted by molar-refractivity contribution is 5.90. The van der Waals surface area contributed by atoms with Crippen molar-refractivity contribution in [2.75, 3.05) is 13.1 Å². The maximum atomic E-state index is 12.8. The Morgan fingerprint density at radius 3 is 1.82 bits per heavy atom. The van der Waals surface area contributed by atoms with Crippen LogP contribution in [0.5, 0.6) is 0 Å². The van der Waals surface area contributed by atoms with Crippen LogP contribution in [0.3, 0.4) is 0 Å². The van der Waals surface area contributed by atoms with E-state index in [1.165, 1.54) is 0 Å². The molecule has 3 aromatic heterocycles. The monoisotopic (exact) mass is 675 g/mol. The predicted molar refractivity (Wildman–Crippen MR) is 192 cm³/mol. The van der Waals surface area contributed by atoms with Crippen molar-refractivity contribution in [2.45, 2.75) is 90.5 Å². The molecule has 2 aliphatic rings. The van der Waals surface area contributed by atoms with Gasteiger partial charge < -0.3 is 19.4 Å².